The van der Waals surface area contributed by atoms with Gasteiger partial charge in [-0.05, 0) is 20.8 Å². The van der Waals surface area contributed by atoms with Crippen LogP contribution < -0.4 is 0 Å². The Morgan fingerprint density at radius 2 is 1.88 bits per heavy atom. The summed E-state index contributed by atoms with van der Waals surface area (Å²) < 4.78 is 5.30. The molecule has 0 aliphatic carbocycles. The number of likely N-dealkylation sites (N-methyl/N-ethyl adjacent to an activating group) is 1. The first-order valence-electron chi connectivity index (χ1n) is 5.52. The van der Waals surface area contributed by atoms with Gasteiger partial charge in [0.05, 0.1) is 25.2 Å². The summed E-state index contributed by atoms with van der Waals surface area (Å²) in [7, 11) is 1.74. The number of urea groups is 1. The third-order valence-electron chi connectivity index (χ3n) is 3.25. The fraction of sp³-hybridized carbons (Fsp3) is 0.818. The van der Waals surface area contributed by atoms with E-state index in [0.717, 1.165) is 0 Å². The van der Waals surface area contributed by atoms with Crippen molar-refractivity contribution in [2.24, 2.45) is 5.92 Å². The number of hydrogen-bond donors (Lipinski definition) is 0. The van der Waals surface area contributed by atoms with Gasteiger partial charge in [-0.2, -0.15) is 0 Å². The van der Waals surface area contributed by atoms with Crippen molar-refractivity contribution in [3.63, 3.8) is 0 Å². The zero-order chi connectivity index (χ0) is 12.1. The van der Waals surface area contributed by atoms with Crippen molar-refractivity contribution in [3.05, 3.63) is 0 Å². The fourth-order valence-corrected chi connectivity index (χ4v) is 2.34. The third kappa shape index (κ3) is 1.50. The summed E-state index contributed by atoms with van der Waals surface area (Å²) in [6.45, 7) is 6.50. The van der Waals surface area contributed by atoms with Crippen molar-refractivity contribution in [2.75, 3.05) is 20.3 Å². The lowest BCUT2D eigenvalue weighted by Crippen LogP contribution is -2.64. The minimum absolute atomic E-state index is 0.0846. The van der Waals surface area contributed by atoms with Gasteiger partial charge in [0.2, 0.25) is 5.91 Å². The molecule has 0 saturated carbocycles. The van der Waals surface area contributed by atoms with Crippen LogP contribution >= 0.6 is 0 Å². The van der Waals surface area contributed by atoms with E-state index in [1.165, 1.54) is 4.90 Å². The summed E-state index contributed by atoms with van der Waals surface area (Å²) in [6.07, 6.45) is 0. The third-order valence-corrected chi connectivity index (χ3v) is 3.25. The molecular formula is C11H18N2O3. The number of rotatable bonds is 0. The second kappa shape index (κ2) is 3.45. The predicted molar refractivity (Wildman–Crippen MR) is 57.9 cm³/mol. The highest BCUT2D eigenvalue weighted by molar-refractivity contribution is 5.99. The predicted octanol–water partition coefficient (Wildman–Crippen LogP) is 0.694. The van der Waals surface area contributed by atoms with Crippen molar-refractivity contribution in [2.45, 2.75) is 32.4 Å². The molecule has 5 heteroatoms. The van der Waals surface area contributed by atoms with Gasteiger partial charge in [0.25, 0.3) is 0 Å². The highest BCUT2D eigenvalue weighted by atomic mass is 16.5. The van der Waals surface area contributed by atoms with E-state index in [1.54, 1.807) is 11.9 Å². The standard InChI is InChI=1S/C11H18N2O3/c1-11(2,3)13-9(14)7-5-16-6-8(7)12(4)10(13)15/h7-8H,5-6H2,1-4H3. The molecule has 0 radical (unpaired) electrons. The van der Waals surface area contributed by atoms with Crippen LogP contribution in [-0.4, -0.2) is 53.6 Å². The molecule has 2 heterocycles. The molecule has 16 heavy (non-hydrogen) atoms. The minimum Gasteiger partial charge on any atom is -0.378 e. The Morgan fingerprint density at radius 1 is 1.25 bits per heavy atom. The van der Waals surface area contributed by atoms with Crippen LogP contribution in [0, 0.1) is 5.92 Å². The number of fused-ring (bicyclic) bond motifs is 1. The lowest BCUT2D eigenvalue weighted by molar-refractivity contribution is -0.141. The zero-order valence-electron chi connectivity index (χ0n) is 10.2. The molecule has 0 bridgehead atoms. The van der Waals surface area contributed by atoms with Crippen molar-refractivity contribution in [1.82, 2.24) is 9.80 Å². The lowest BCUT2D eigenvalue weighted by Gasteiger charge is -2.44. The van der Waals surface area contributed by atoms with Gasteiger partial charge >= 0.3 is 6.03 Å². The molecular weight excluding hydrogens is 208 g/mol. The first-order valence-corrected chi connectivity index (χ1v) is 5.52. The Bertz CT molecular complexity index is 335. The van der Waals surface area contributed by atoms with Gasteiger partial charge in [0.15, 0.2) is 0 Å². The second-order valence-corrected chi connectivity index (χ2v) is 5.45. The zero-order valence-corrected chi connectivity index (χ0v) is 10.2. The minimum atomic E-state index is -0.476. The summed E-state index contributed by atoms with van der Waals surface area (Å²) in [5.74, 6) is -0.292. The number of carbonyl (C=O) groups excluding carboxylic acids is 2. The highest BCUT2D eigenvalue weighted by Crippen LogP contribution is 2.31. The SMILES string of the molecule is CN1C(=O)N(C(C)(C)C)C(=O)C2COCC21. The van der Waals surface area contributed by atoms with E-state index in [-0.39, 0.29) is 23.9 Å². The Morgan fingerprint density at radius 3 is 2.44 bits per heavy atom. The molecule has 0 N–H and O–H groups in total. The summed E-state index contributed by atoms with van der Waals surface area (Å²) in [5, 5.41) is 0. The molecule has 2 saturated heterocycles. The summed E-state index contributed by atoms with van der Waals surface area (Å²) >= 11 is 0. The van der Waals surface area contributed by atoms with Gasteiger partial charge in [-0.25, -0.2) is 4.79 Å². The van der Waals surface area contributed by atoms with Crippen LogP contribution in [0.2, 0.25) is 0 Å². The van der Waals surface area contributed by atoms with Gasteiger partial charge in [0, 0.05) is 12.6 Å². The fourth-order valence-electron chi connectivity index (χ4n) is 2.34. The summed E-state index contributed by atoms with van der Waals surface area (Å²) in [5.41, 5.74) is -0.476. The Balaban J connectivity index is 2.34. The molecule has 2 aliphatic heterocycles. The van der Waals surface area contributed by atoms with Crippen LogP contribution in [0.15, 0.2) is 0 Å². The first-order chi connectivity index (χ1) is 7.34. The average molecular weight is 226 g/mol. The van der Waals surface area contributed by atoms with Crippen molar-refractivity contribution >= 4 is 11.9 Å². The van der Waals surface area contributed by atoms with E-state index in [1.807, 2.05) is 20.8 Å². The molecule has 2 rings (SSSR count). The van der Waals surface area contributed by atoms with E-state index >= 15 is 0 Å². The molecule has 3 amide bonds. The smallest absolute Gasteiger partial charge is 0.327 e. The van der Waals surface area contributed by atoms with E-state index in [2.05, 4.69) is 0 Å². The van der Waals surface area contributed by atoms with Crippen LogP contribution in [0.3, 0.4) is 0 Å². The number of imide groups is 1. The van der Waals surface area contributed by atoms with Gasteiger partial charge in [-0.1, -0.05) is 0 Å². The monoisotopic (exact) mass is 226 g/mol. The Hall–Kier alpha value is -1.10. The average Bonchev–Trinajstić information content (AvgIpc) is 2.61. The largest absolute Gasteiger partial charge is 0.378 e. The van der Waals surface area contributed by atoms with Crippen molar-refractivity contribution in [1.29, 1.82) is 0 Å². The van der Waals surface area contributed by atoms with Crippen LogP contribution in [0.4, 0.5) is 4.79 Å². The van der Waals surface area contributed by atoms with Crippen molar-refractivity contribution in [3.8, 4) is 0 Å². The van der Waals surface area contributed by atoms with Gasteiger partial charge in [0.1, 0.15) is 0 Å². The molecule has 0 spiro atoms. The summed E-state index contributed by atoms with van der Waals surface area (Å²) in [6, 6.07) is -0.303. The van der Waals surface area contributed by atoms with Crippen LogP contribution in [0.25, 0.3) is 0 Å². The van der Waals surface area contributed by atoms with Crippen molar-refractivity contribution < 1.29 is 14.3 Å². The van der Waals surface area contributed by atoms with Gasteiger partial charge in [-0.15, -0.1) is 0 Å². The number of hydrogen-bond acceptors (Lipinski definition) is 3. The Kier molecular flexibility index (Phi) is 2.45. The highest BCUT2D eigenvalue weighted by Gasteiger charge is 2.50. The Labute approximate surface area is 95.3 Å². The molecule has 0 aromatic rings. The van der Waals surface area contributed by atoms with E-state index < -0.39 is 5.54 Å². The second-order valence-electron chi connectivity index (χ2n) is 5.45. The van der Waals surface area contributed by atoms with E-state index in [4.69, 9.17) is 4.74 Å². The molecule has 90 valence electrons. The number of amides is 3. The maximum Gasteiger partial charge on any atom is 0.327 e. The maximum absolute atomic E-state index is 12.2. The molecule has 2 unspecified atom stereocenters. The van der Waals surface area contributed by atoms with E-state index in [9.17, 15) is 9.59 Å². The van der Waals surface area contributed by atoms with Crippen LogP contribution in [-0.2, 0) is 9.53 Å². The molecule has 2 fully saturated rings. The molecule has 2 aliphatic rings. The number of carbonyl (C=O) groups is 2. The molecule has 0 aromatic heterocycles. The topological polar surface area (TPSA) is 49.9 Å². The van der Waals surface area contributed by atoms with Gasteiger partial charge < -0.3 is 9.64 Å². The number of nitrogens with zero attached hydrogens (tertiary/aromatic N) is 2. The van der Waals surface area contributed by atoms with E-state index in [0.29, 0.717) is 13.2 Å². The number of ether oxygens (including phenoxy) is 1. The lowest BCUT2D eigenvalue weighted by atomic mass is 9.94. The van der Waals surface area contributed by atoms with Crippen LogP contribution in [0.5, 0.6) is 0 Å². The normalized spacial score (nSPS) is 31.0. The first kappa shape index (κ1) is 11.4. The van der Waals surface area contributed by atoms with Crippen LogP contribution in [0.1, 0.15) is 20.8 Å². The maximum atomic E-state index is 12.2. The summed E-state index contributed by atoms with van der Waals surface area (Å²) in [4.78, 5) is 27.3. The molecule has 2 atom stereocenters. The molecule has 0 aromatic carbocycles. The molecule has 5 nitrogen and oxygen atoms in total. The quantitative estimate of drug-likeness (QED) is 0.610. The van der Waals surface area contributed by atoms with Gasteiger partial charge in [-0.3, -0.25) is 9.69 Å².